The third-order valence-electron chi connectivity index (χ3n) is 5.25. The number of carbonyl (C=O) groups is 2. The maximum Gasteiger partial charge on any atom is 0.253 e. The van der Waals surface area contributed by atoms with E-state index in [0.29, 0.717) is 17.9 Å². The van der Waals surface area contributed by atoms with Gasteiger partial charge in [-0.2, -0.15) is 0 Å². The van der Waals surface area contributed by atoms with E-state index in [9.17, 15) is 9.59 Å². The van der Waals surface area contributed by atoms with Gasteiger partial charge >= 0.3 is 0 Å². The van der Waals surface area contributed by atoms with E-state index in [-0.39, 0.29) is 17.9 Å². The number of ether oxygens (including phenoxy) is 1. The number of carbonyl (C=O) groups excluding carboxylic acids is 2. The predicted molar refractivity (Wildman–Crippen MR) is 114 cm³/mol. The monoisotopic (exact) mass is 388 g/mol. The van der Waals surface area contributed by atoms with Gasteiger partial charge in [-0.3, -0.25) is 9.59 Å². The third-order valence-corrected chi connectivity index (χ3v) is 5.25. The lowest BCUT2D eigenvalue weighted by atomic mass is 9.99. The Morgan fingerprint density at radius 1 is 1.03 bits per heavy atom. The van der Waals surface area contributed by atoms with Crippen LogP contribution in [0.15, 0.2) is 66.7 Å². The molecule has 1 aliphatic rings. The van der Waals surface area contributed by atoms with Gasteiger partial charge in [0.05, 0.1) is 6.04 Å². The lowest BCUT2D eigenvalue weighted by molar-refractivity contribution is -0.124. The second-order valence-electron chi connectivity index (χ2n) is 7.34. The Kier molecular flexibility index (Phi) is 5.58. The molecule has 1 heterocycles. The van der Waals surface area contributed by atoms with Crippen molar-refractivity contribution in [3.8, 4) is 0 Å². The van der Waals surface area contributed by atoms with E-state index in [1.807, 2.05) is 31.2 Å². The summed E-state index contributed by atoms with van der Waals surface area (Å²) in [6, 6.07) is 21.1. The van der Waals surface area contributed by atoms with Gasteiger partial charge in [-0.15, -0.1) is 0 Å². The number of hydrogen-bond acceptors (Lipinski definition) is 3. The summed E-state index contributed by atoms with van der Waals surface area (Å²) >= 11 is 0. The summed E-state index contributed by atoms with van der Waals surface area (Å²) in [4.78, 5) is 25.1. The van der Waals surface area contributed by atoms with Gasteiger partial charge in [0.1, 0.15) is 6.10 Å². The highest BCUT2D eigenvalue weighted by molar-refractivity contribution is 5.98. The van der Waals surface area contributed by atoms with Gasteiger partial charge in [-0.1, -0.05) is 48.5 Å². The minimum Gasteiger partial charge on any atom is -0.368 e. The Labute approximate surface area is 170 Å². The maximum atomic E-state index is 12.8. The van der Waals surface area contributed by atoms with Crippen molar-refractivity contribution in [2.45, 2.75) is 31.9 Å². The fourth-order valence-electron chi connectivity index (χ4n) is 3.73. The Morgan fingerprint density at radius 3 is 2.66 bits per heavy atom. The van der Waals surface area contributed by atoms with Gasteiger partial charge in [-0.05, 0) is 54.3 Å². The van der Waals surface area contributed by atoms with E-state index in [1.165, 1.54) is 0 Å². The fraction of sp³-hybridized carbons (Fsp3) is 0.250. The highest BCUT2D eigenvalue weighted by Gasteiger charge is 2.23. The second kappa shape index (κ2) is 8.45. The Hall–Kier alpha value is -3.18. The molecule has 5 heteroatoms. The minimum absolute atomic E-state index is 0.154. The molecule has 3 aromatic carbocycles. The molecule has 0 radical (unpaired) electrons. The molecule has 0 aliphatic carbocycles. The molecular weight excluding hydrogens is 364 g/mol. The smallest absolute Gasteiger partial charge is 0.253 e. The van der Waals surface area contributed by atoms with Crippen LogP contribution in [0.5, 0.6) is 0 Å². The number of rotatable bonds is 5. The van der Waals surface area contributed by atoms with E-state index in [2.05, 4.69) is 28.8 Å². The van der Waals surface area contributed by atoms with E-state index < -0.39 is 6.10 Å². The molecule has 2 N–H and O–H groups in total. The van der Waals surface area contributed by atoms with Crippen LogP contribution in [0.2, 0.25) is 0 Å². The molecule has 2 amide bonds. The molecular formula is C24H24N2O3. The highest BCUT2D eigenvalue weighted by atomic mass is 16.5. The molecule has 3 aromatic rings. The Balaban J connectivity index is 1.47. The summed E-state index contributed by atoms with van der Waals surface area (Å²) in [6.45, 7) is 2.59. The van der Waals surface area contributed by atoms with Crippen LogP contribution in [0.25, 0.3) is 10.8 Å². The Morgan fingerprint density at radius 2 is 1.83 bits per heavy atom. The molecule has 0 spiro atoms. The number of benzene rings is 3. The van der Waals surface area contributed by atoms with Crippen LogP contribution in [0.4, 0.5) is 5.69 Å². The molecule has 1 saturated heterocycles. The first-order chi connectivity index (χ1) is 14.1. The lowest BCUT2D eigenvalue weighted by Crippen LogP contribution is -2.28. The molecule has 0 aromatic heterocycles. The topological polar surface area (TPSA) is 67.4 Å². The quantitative estimate of drug-likeness (QED) is 0.679. The fourth-order valence-corrected chi connectivity index (χ4v) is 3.73. The molecule has 5 nitrogen and oxygen atoms in total. The molecule has 4 rings (SSSR count). The largest absolute Gasteiger partial charge is 0.368 e. The average molecular weight is 388 g/mol. The lowest BCUT2D eigenvalue weighted by Gasteiger charge is -2.17. The molecule has 1 fully saturated rings. The number of amides is 2. The van der Waals surface area contributed by atoms with Gasteiger partial charge in [0, 0.05) is 17.9 Å². The molecule has 148 valence electrons. The molecule has 0 saturated carbocycles. The van der Waals surface area contributed by atoms with Crippen molar-refractivity contribution in [1.29, 1.82) is 0 Å². The van der Waals surface area contributed by atoms with Gasteiger partial charge in [0.25, 0.3) is 11.8 Å². The summed E-state index contributed by atoms with van der Waals surface area (Å²) in [7, 11) is 0. The minimum atomic E-state index is -0.404. The van der Waals surface area contributed by atoms with E-state index in [1.54, 1.807) is 24.3 Å². The maximum absolute atomic E-state index is 12.8. The first-order valence-corrected chi connectivity index (χ1v) is 9.93. The zero-order chi connectivity index (χ0) is 20.2. The van der Waals surface area contributed by atoms with Crippen molar-refractivity contribution >= 4 is 28.3 Å². The Bertz CT molecular complexity index is 1040. The summed E-state index contributed by atoms with van der Waals surface area (Å²) < 4.78 is 5.41. The van der Waals surface area contributed by atoms with E-state index in [4.69, 9.17) is 4.74 Å². The summed E-state index contributed by atoms with van der Waals surface area (Å²) in [6.07, 6.45) is 1.22. The molecule has 29 heavy (non-hydrogen) atoms. The van der Waals surface area contributed by atoms with Gasteiger partial charge in [-0.25, -0.2) is 0 Å². The normalized spacial score (nSPS) is 17.1. The predicted octanol–water partition coefficient (Wildman–Crippen LogP) is 4.45. The molecule has 1 aliphatic heterocycles. The van der Waals surface area contributed by atoms with Crippen molar-refractivity contribution in [2.75, 3.05) is 11.9 Å². The van der Waals surface area contributed by atoms with Crippen LogP contribution in [0, 0.1) is 0 Å². The van der Waals surface area contributed by atoms with Gasteiger partial charge < -0.3 is 15.4 Å². The van der Waals surface area contributed by atoms with Gasteiger partial charge in [0.2, 0.25) is 0 Å². The van der Waals surface area contributed by atoms with Crippen LogP contribution in [0.3, 0.4) is 0 Å². The first kappa shape index (κ1) is 19.2. The van der Waals surface area contributed by atoms with Crippen molar-refractivity contribution in [3.63, 3.8) is 0 Å². The van der Waals surface area contributed by atoms with Crippen LogP contribution in [0.1, 0.15) is 41.7 Å². The summed E-state index contributed by atoms with van der Waals surface area (Å²) in [5.41, 5.74) is 2.16. The van der Waals surface area contributed by atoms with Crippen LogP contribution < -0.4 is 10.6 Å². The zero-order valence-corrected chi connectivity index (χ0v) is 16.4. The van der Waals surface area contributed by atoms with Crippen LogP contribution in [-0.4, -0.2) is 24.5 Å². The van der Waals surface area contributed by atoms with E-state index >= 15 is 0 Å². The number of hydrogen-bond donors (Lipinski definition) is 2. The van der Waals surface area contributed by atoms with Crippen molar-refractivity contribution < 1.29 is 14.3 Å². The summed E-state index contributed by atoms with van der Waals surface area (Å²) in [5.74, 6) is -0.345. The first-order valence-electron chi connectivity index (χ1n) is 9.93. The van der Waals surface area contributed by atoms with E-state index in [0.717, 1.165) is 29.2 Å². The standard InChI is InChI=1S/C24H24N2O3/c1-16(20-12-5-8-17-7-2-3-11-21(17)20)25-23(27)18-9-4-10-19(15-18)26-24(28)22-13-6-14-29-22/h2-5,7-12,15-16,22H,6,13-14H2,1H3,(H,25,27)(H,26,28)/t16-,22-/m0/s1. The van der Waals surface area contributed by atoms with Crippen molar-refractivity contribution in [1.82, 2.24) is 5.32 Å². The molecule has 0 unspecified atom stereocenters. The second-order valence-corrected chi connectivity index (χ2v) is 7.34. The van der Waals surface area contributed by atoms with Gasteiger partial charge in [0.15, 0.2) is 0 Å². The van der Waals surface area contributed by atoms with Crippen LogP contribution in [-0.2, 0) is 9.53 Å². The zero-order valence-electron chi connectivity index (χ0n) is 16.4. The summed E-state index contributed by atoms with van der Waals surface area (Å²) in [5, 5.41) is 8.18. The van der Waals surface area contributed by atoms with Crippen LogP contribution >= 0.6 is 0 Å². The van der Waals surface area contributed by atoms with Crippen molar-refractivity contribution in [2.24, 2.45) is 0 Å². The average Bonchev–Trinajstić information content (AvgIpc) is 3.28. The molecule has 2 atom stereocenters. The number of anilines is 1. The van der Waals surface area contributed by atoms with Crippen molar-refractivity contribution in [3.05, 3.63) is 77.9 Å². The number of fused-ring (bicyclic) bond motifs is 1. The number of nitrogens with one attached hydrogen (secondary N) is 2. The third kappa shape index (κ3) is 4.30. The highest BCUT2D eigenvalue weighted by Crippen LogP contribution is 2.24. The SMILES string of the molecule is C[C@H](NC(=O)c1cccc(NC(=O)[C@@H]2CCCO2)c1)c1cccc2ccccc12. The molecule has 0 bridgehead atoms.